The van der Waals surface area contributed by atoms with Gasteiger partial charge in [-0.1, -0.05) is 29.8 Å². The van der Waals surface area contributed by atoms with E-state index < -0.39 is 0 Å². The largest absolute Gasteiger partial charge is 0.309 e. The highest BCUT2D eigenvalue weighted by molar-refractivity contribution is 7.11. The fourth-order valence-electron chi connectivity index (χ4n) is 2.25. The number of nitrogens with zero attached hydrogens (tertiary/aromatic N) is 1. The molecule has 0 amide bonds. The van der Waals surface area contributed by atoms with Crippen LogP contribution < -0.4 is 5.32 Å². The first-order valence-corrected chi connectivity index (χ1v) is 7.76. The van der Waals surface area contributed by atoms with Gasteiger partial charge in [-0.25, -0.2) is 4.98 Å². The average Bonchev–Trinajstić information content (AvgIpc) is 3.12. The van der Waals surface area contributed by atoms with Crippen molar-refractivity contribution < 1.29 is 0 Å². The maximum Gasteiger partial charge on any atom is 0.0975 e. The maximum atomic E-state index is 4.71. The number of aryl methyl sites for hydroxylation is 2. The van der Waals surface area contributed by atoms with Gasteiger partial charge in [0, 0.05) is 23.9 Å². The number of hydrogen-bond acceptors (Lipinski definition) is 3. The molecule has 1 N–H and O–H groups in total. The number of rotatable bonds is 5. The molecule has 1 aliphatic carbocycles. The van der Waals surface area contributed by atoms with E-state index in [1.165, 1.54) is 39.5 Å². The molecule has 0 aliphatic heterocycles. The van der Waals surface area contributed by atoms with Gasteiger partial charge in [0.25, 0.3) is 0 Å². The second-order valence-electron chi connectivity index (χ2n) is 5.44. The monoisotopic (exact) mass is 272 g/mol. The van der Waals surface area contributed by atoms with Gasteiger partial charge in [0.15, 0.2) is 0 Å². The predicted molar refractivity (Wildman–Crippen MR) is 80.7 cm³/mol. The summed E-state index contributed by atoms with van der Waals surface area (Å²) < 4.78 is 0. The first-order chi connectivity index (χ1) is 9.20. The van der Waals surface area contributed by atoms with Crippen LogP contribution in [0.4, 0.5) is 0 Å². The molecule has 100 valence electrons. The summed E-state index contributed by atoms with van der Waals surface area (Å²) >= 11 is 1.86. The molecule has 3 rings (SSSR count). The van der Waals surface area contributed by atoms with Crippen molar-refractivity contribution in [3.8, 4) is 0 Å². The zero-order chi connectivity index (χ0) is 13.2. The summed E-state index contributed by atoms with van der Waals surface area (Å²) in [5, 5.41) is 4.80. The average molecular weight is 272 g/mol. The maximum absolute atomic E-state index is 4.71. The summed E-state index contributed by atoms with van der Waals surface area (Å²) in [5.41, 5.74) is 3.87. The molecule has 3 heteroatoms. The SMILES string of the molecule is Cc1cccc(Cc2nc(C)c(CNC3CC3)s2)c1. The molecule has 2 aromatic rings. The highest BCUT2D eigenvalue weighted by atomic mass is 32.1. The van der Waals surface area contributed by atoms with E-state index >= 15 is 0 Å². The Labute approximate surface area is 118 Å². The highest BCUT2D eigenvalue weighted by Crippen LogP contribution is 2.24. The van der Waals surface area contributed by atoms with Gasteiger partial charge >= 0.3 is 0 Å². The minimum absolute atomic E-state index is 0.765. The molecule has 1 saturated carbocycles. The Kier molecular flexibility index (Phi) is 3.67. The summed E-state index contributed by atoms with van der Waals surface area (Å²) in [6.45, 7) is 5.25. The van der Waals surface area contributed by atoms with Gasteiger partial charge in [0.2, 0.25) is 0 Å². The topological polar surface area (TPSA) is 24.9 Å². The van der Waals surface area contributed by atoms with Crippen molar-refractivity contribution in [2.24, 2.45) is 0 Å². The molecule has 1 fully saturated rings. The standard InChI is InChI=1S/C16H20N2S/c1-11-4-3-5-13(8-11)9-16-18-12(2)15(19-16)10-17-14-6-7-14/h3-5,8,14,17H,6-7,9-10H2,1-2H3. The summed E-state index contributed by atoms with van der Waals surface area (Å²) in [4.78, 5) is 6.11. The van der Waals surface area contributed by atoms with Crippen LogP contribution in [0.5, 0.6) is 0 Å². The summed E-state index contributed by atoms with van der Waals surface area (Å²) in [6, 6.07) is 9.47. The number of nitrogens with one attached hydrogen (secondary N) is 1. The van der Waals surface area contributed by atoms with Crippen molar-refractivity contribution in [1.29, 1.82) is 0 Å². The third kappa shape index (κ3) is 3.43. The Morgan fingerprint density at radius 1 is 1.32 bits per heavy atom. The fourth-order valence-corrected chi connectivity index (χ4v) is 3.30. The minimum atomic E-state index is 0.765. The summed E-state index contributed by atoms with van der Waals surface area (Å²) in [6.07, 6.45) is 3.64. The summed E-state index contributed by atoms with van der Waals surface area (Å²) in [7, 11) is 0. The molecule has 0 radical (unpaired) electrons. The first kappa shape index (κ1) is 12.8. The lowest BCUT2D eigenvalue weighted by atomic mass is 10.1. The van der Waals surface area contributed by atoms with Crippen molar-refractivity contribution in [2.45, 2.75) is 45.7 Å². The van der Waals surface area contributed by atoms with Gasteiger partial charge in [-0.2, -0.15) is 0 Å². The lowest BCUT2D eigenvalue weighted by Gasteiger charge is -2.00. The molecule has 0 saturated heterocycles. The van der Waals surface area contributed by atoms with Gasteiger partial charge in [0.1, 0.15) is 0 Å². The van der Waals surface area contributed by atoms with Crippen molar-refractivity contribution in [3.05, 3.63) is 51.0 Å². The summed E-state index contributed by atoms with van der Waals surface area (Å²) in [5.74, 6) is 0. The number of thiazole rings is 1. The van der Waals surface area contributed by atoms with E-state index in [1.807, 2.05) is 11.3 Å². The van der Waals surface area contributed by atoms with E-state index in [9.17, 15) is 0 Å². The number of aromatic nitrogens is 1. The van der Waals surface area contributed by atoms with Gasteiger partial charge in [-0.05, 0) is 32.3 Å². The minimum Gasteiger partial charge on any atom is -0.309 e. The predicted octanol–water partition coefficient (Wildman–Crippen LogP) is 3.60. The van der Waals surface area contributed by atoms with Crippen LogP contribution in [0, 0.1) is 13.8 Å². The van der Waals surface area contributed by atoms with E-state index in [0.717, 1.165) is 19.0 Å². The molecule has 1 aromatic heterocycles. The molecule has 0 bridgehead atoms. The van der Waals surface area contributed by atoms with E-state index in [2.05, 4.69) is 43.4 Å². The van der Waals surface area contributed by atoms with Crippen LogP contribution in [0.25, 0.3) is 0 Å². The Bertz CT molecular complexity index is 570. The fraction of sp³-hybridized carbons (Fsp3) is 0.438. The van der Waals surface area contributed by atoms with Gasteiger partial charge < -0.3 is 5.32 Å². The molecule has 1 aromatic carbocycles. The van der Waals surface area contributed by atoms with Crippen LogP contribution in [0.1, 0.15) is 39.5 Å². The number of benzene rings is 1. The van der Waals surface area contributed by atoms with Gasteiger partial charge in [-0.3, -0.25) is 0 Å². The normalized spacial score (nSPS) is 14.8. The Balaban J connectivity index is 1.68. The molecule has 2 nitrogen and oxygen atoms in total. The molecule has 0 unspecified atom stereocenters. The third-order valence-corrected chi connectivity index (χ3v) is 4.66. The second kappa shape index (κ2) is 5.43. The quantitative estimate of drug-likeness (QED) is 0.899. The van der Waals surface area contributed by atoms with Crippen LogP contribution in [0.2, 0.25) is 0 Å². The highest BCUT2D eigenvalue weighted by Gasteiger charge is 2.21. The second-order valence-corrected chi connectivity index (χ2v) is 6.61. The van der Waals surface area contributed by atoms with Crippen LogP contribution in [0.15, 0.2) is 24.3 Å². The first-order valence-electron chi connectivity index (χ1n) is 6.95. The third-order valence-electron chi connectivity index (χ3n) is 3.50. The molecular weight excluding hydrogens is 252 g/mol. The van der Waals surface area contributed by atoms with E-state index in [4.69, 9.17) is 4.98 Å². The van der Waals surface area contributed by atoms with E-state index in [1.54, 1.807) is 0 Å². The number of hydrogen-bond donors (Lipinski definition) is 1. The zero-order valence-electron chi connectivity index (χ0n) is 11.6. The van der Waals surface area contributed by atoms with Crippen LogP contribution in [-0.4, -0.2) is 11.0 Å². The van der Waals surface area contributed by atoms with Crippen molar-refractivity contribution in [3.63, 3.8) is 0 Å². The van der Waals surface area contributed by atoms with Gasteiger partial charge in [-0.15, -0.1) is 11.3 Å². The van der Waals surface area contributed by atoms with Crippen molar-refractivity contribution in [2.75, 3.05) is 0 Å². The lowest BCUT2D eigenvalue weighted by molar-refractivity contribution is 0.691. The molecule has 1 aliphatic rings. The zero-order valence-corrected chi connectivity index (χ0v) is 12.4. The van der Waals surface area contributed by atoms with Crippen LogP contribution in [0.3, 0.4) is 0 Å². The molecule has 0 spiro atoms. The molecular formula is C16H20N2S. The Hall–Kier alpha value is -1.19. The smallest absolute Gasteiger partial charge is 0.0975 e. The van der Waals surface area contributed by atoms with Crippen LogP contribution >= 0.6 is 11.3 Å². The Morgan fingerprint density at radius 3 is 2.89 bits per heavy atom. The van der Waals surface area contributed by atoms with Crippen molar-refractivity contribution >= 4 is 11.3 Å². The molecule has 19 heavy (non-hydrogen) atoms. The lowest BCUT2D eigenvalue weighted by Crippen LogP contribution is -2.14. The Morgan fingerprint density at radius 2 is 2.16 bits per heavy atom. The molecule has 0 atom stereocenters. The van der Waals surface area contributed by atoms with Crippen molar-refractivity contribution in [1.82, 2.24) is 10.3 Å². The van der Waals surface area contributed by atoms with E-state index in [0.29, 0.717) is 0 Å². The molecule has 1 heterocycles. The van der Waals surface area contributed by atoms with E-state index in [-0.39, 0.29) is 0 Å². The van der Waals surface area contributed by atoms with Gasteiger partial charge in [0.05, 0.1) is 10.7 Å². The van der Waals surface area contributed by atoms with Crippen LogP contribution in [-0.2, 0) is 13.0 Å².